The van der Waals surface area contributed by atoms with Crippen LogP contribution < -0.4 is 9.64 Å². The molecule has 1 saturated heterocycles. The number of hydrogen-bond acceptors (Lipinski definition) is 6. The highest BCUT2D eigenvalue weighted by atomic mass is 16.5. The number of hydrogen-bond donors (Lipinski definition) is 1. The molecule has 2 aromatic carbocycles. The van der Waals surface area contributed by atoms with Gasteiger partial charge in [-0.05, 0) is 57.3 Å². The monoisotopic (exact) mass is 491 g/mol. The Balaban J connectivity index is 1.95. The average molecular weight is 492 g/mol. The van der Waals surface area contributed by atoms with Crippen molar-refractivity contribution < 1.29 is 24.2 Å². The van der Waals surface area contributed by atoms with E-state index in [0.29, 0.717) is 48.7 Å². The molecule has 0 aromatic heterocycles. The second-order valence-corrected chi connectivity index (χ2v) is 9.37. The zero-order chi connectivity index (χ0) is 26.0. The Morgan fingerprint density at radius 2 is 1.67 bits per heavy atom. The Kier molecular flexibility index (Phi) is 7.17. The number of ether oxygens (including phenoxy) is 1. The van der Waals surface area contributed by atoms with E-state index in [1.165, 1.54) is 4.90 Å². The van der Waals surface area contributed by atoms with Gasteiger partial charge in [0.2, 0.25) is 0 Å². The summed E-state index contributed by atoms with van der Waals surface area (Å²) in [5, 5.41) is 11.5. The Bertz CT molecular complexity index is 1200. The fraction of sp³-hybridized carbons (Fsp3) is 0.393. The van der Waals surface area contributed by atoms with E-state index in [4.69, 9.17) is 4.74 Å². The van der Waals surface area contributed by atoms with Crippen molar-refractivity contribution in [1.82, 2.24) is 9.80 Å². The lowest BCUT2D eigenvalue weighted by Gasteiger charge is -2.35. The van der Waals surface area contributed by atoms with E-state index < -0.39 is 23.1 Å². The predicted octanol–water partition coefficient (Wildman–Crippen LogP) is 3.37. The number of anilines is 1. The molecule has 0 saturated carbocycles. The zero-order valence-electron chi connectivity index (χ0n) is 21.3. The molecule has 0 bridgehead atoms. The lowest BCUT2D eigenvalue weighted by atomic mass is 9.82. The summed E-state index contributed by atoms with van der Waals surface area (Å²) in [6.45, 7) is 5.56. The van der Waals surface area contributed by atoms with Crippen molar-refractivity contribution in [2.75, 3.05) is 45.2 Å². The number of para-hydroxylation sites is 1. The van der Waals surface area contributed by atoms with Crippen LogP contribution in [0.5, 0.6) is 5.75 Å². The van der Waals surface area contributed by atoms with Crippen LogP contribution in [-0.2, 0) is 19.9 Å². The van der Waals surface area contributed by atoms with E-state index in [9.17, 15) is 19.5 Å². The fourth-order valence-electron chi connectivity index (χ4n) is 4.99. The molecule has 190 valence electrons. The summed E-state index contributed by atoms with van der Waals surface area (Å²) >= 11 is 0. The second-order valence-electron chi connectivity index (χ2n) is 9.37. The lowest BCUT2D eigenvalue weighted by molar-refractivity contribution is -0.143. The van der Waals surface area contributed by atoms with Crippen molar-refractivity contribution in [2.24, 2.45) is 0 Å². The fourth-order valence-corrected chi connectivity index (χ4v) is 4.99. The highest BCUT2D eigenvalue weighted by molar-refractivity contribution is 6.50. The number of aliphatic hydroxyl groups is 1. The van der Waals surface area contributed by atoms with Crippen LogP contribution in [0.15, 0.2) is 54.1 Å². The molecule has 8 nitrogen and oxygen atoms in total. The van der Waals surface area contributed by atoms with E-state index in [1.54, 1.807) is 41.3 Å². The molecule has 36 heavy (non-hydrogen) atoms. The molecular weight excluding hydrogens is 458 g/mol. The third-order valence-corrected chi connectivity index (χ3v) is 6.63. The quantitative estimate of drug-likeness (QED) is 0.329. The number of nitrogens with zero attached hydrogens (tertiary/aromatic N) is 3. The van der Waals surface area contributed by atoms with Crippen LogP contribution in [0.25, 0.3) is 5.76 Å². The number of carbonyl (C=O) groups excluding carboxylic acids is 3. The largest absolute Gasteiger partial charge is 0.507 e. The summed E-state index contributed by atoms with van der Waals surface area (Å²) in [5.41, 5.74) is -0.397. The number of rotatable bonds is 9. The molecule has 1 unspecified atom stereocenters. The highest BCUT2D eigenvalue weighted by Crippen LogP contribution is 2.53. The number of aliphatic hydroxyl groups excluding tert-OH is 1. The number of likely N-dealkylation sites (N-methyl/N-ethyl adjacent to an activating group) is 1. The van der Waals surface area contributed by atoms with E-state index >= 15 is 0 Å². The van der Waals surface area contributed by atoms with Crippen molar-refractivity contribution >= 4 is 29.0 Å². The van der Waals surface area contributed by atoms with Gasteiger partial charge in [-0.3, -0.25) is 14.4 Å². The van der Waals surface area contributed by atoms with E-state index in [0.717, 1.165) is 6.42 Å². The van der Waals surface area contributed by atoms with Crippen LogP contribution in [-0.4, -0.2) is 72.8 Å². The molecule has 1 fully saturated rings. The van der Waals surface area contributed by atoms with Gasteiger partial charge in [-0.1, -0.05) is 32.0 Å². The van der Waals surface area contributed by atoms with Gasteiger partial charge >= 0.3 is 0 Å². The van der Waals surface area contributed by atoms with Crippen LogP contribution in [0.3, 0.4) is 0 Å². The van der Waals surface area contributed by atoms with Gasteiger partial charge in [-0.15, -0.1) is 0 Å². The zero-order valence-corrected chi connectivity index (χ0v) is 21.3. The second kappa shape index (κ2) is 10.1. The van der Waals surface area contributed by atoms with Crippen molar-refractivity contribution in [3.8, 4) is 5.75 Å². The number of amides is 2. The minimum Gasteiger partial charge on any atom is -0.507 e. The standard InChI is InChI=1S/C28H33N3O5/c1-5-15-30-22-10-8-7-9-21(22)28(27(30)35)23(25(33)26(34)31(28)17-16-29(3)4)24(32)19-11-13-20(14-12-19)36-18-6-2/h7-14,32H,5-6,15-18H2,1-4H3. The summed E-state index contributed by atoms with van der Waals surface area (Å²) in [6, 6.07) is 13.9. The maximum atomic E-state index is 14.2. The van der Waals surface area contributed by atoms with Gasteiger partial charge < -0.3 is 24.5 Å². The molecule has 4 rings (SSSR count). The lowest BCUT2D eigenvalue weighted by Crippen LogP contribution is -2.53. The Hall–Kier alpha value is -3.65. The van der Waals surface area contributed by atoms with Gasteiger partial charge in [0.1, 0.15) is 11.5 Å². The summed E-state index contributed by atoms with van der Waals surface area (Å²) in [6.07, 6.45) is 1.55. The molecule has 1 atom stereocenters. The van der Waals surface area contributed by atoms with Gasteiger partial charge in [0.05, 0.1) is 17.9 Å². The number of carbonyl (C=O) groups is 3. The first-order chi connectivity index (χ1) is 17.3. The van der Waals surface area contributed by atoms with Crippen LogP contribution >= 0.6 is 0 Å². The summed E-state index contributed by atoms with van der Waals surface area (Å²) in [7, 11) is 3.72. The van der Waals surface area contributed by atoms with Crippen LogP contribution in [0.2, 0.25) is 0 Å². The Labute approximate surface area is 211 Å². The minimum absolute atomic E-state index is 0.151. The van der Waals surface area contributed by atoms with Gasteiger partial charge in [-0.25, -0.2) is 0 Å². The Morgan fingerprint density at radius 3 is 2.31 bits per heavy atom. The van der Waals surface area contributed by atoms with Crippen LogP contribution in [0.1, 0.15) is 37.8 Å². The molecule has 1 spiro atoms. The third kappa shape index (κ3) is 3.95. The smallest absolute Gasteiger partial charge is 0.296 e. The molecule has 2 aliphatic heterocycles. The normalized spacial score (nSPS) is 20.6. The van der Waals surface area contributed by atoms with Crippen molar-refractivity contribution in [3.05, 3.63) is 65.2 Å². The summed E-state index contributed by atoms with van der Waals surface area (Å²) < 4.78 is 5.63. The number of fused-ring (bicyclic) bond motifs is 2. The number of ketones is 1. The molecule has 2 amide bonds. The van der Waals surface area contributed by atoms with Gasteiger partial charge in [0.15, 0.2) is 5.54 Å². The van der Waals surface area contributed by atoms with Crippen molar-refractivity contribution in [3.63, 3.8) is 0 Å². The highest BCUT2D eigenvalue weighted by Gasteiger charge is 2.66. The predicted molar refractivity (Wildman–Crippen MR) is 138 cm³/mol. The number of likely N-dealkylation sites (tertiary alicyclic amines) is 1. The first kappa shape index (κ1) is 25.4. The van der Waals surface area contributed by atoms with Gasteiger partial charge in [-0.2, -0.15) is 0 Å². The van der Waals surface area contributed by atoms with Gasteiger partial charge in [0, 0.05) is 30.8 Å². The van der Waals surface area contributed by atoms with Crippen molar-refractivity contribution in [1.29, 1.82) is 0 Å². The third-order valence-electron chi connectivity index (χ3n) is 6.63. The van der Waals surface area contributed by atoms with Crippen LogP contribution in [0, 0.1) is 0 Å². The maximum Gasteiger partial charge on any atom is 0.296 e. The van der Waals surface area contributed by atoms with Crippen molar-refractivity contribution in [2.45, 2.75) is 32.2 Å². The van der Waals surface area contributed by atoms with E-state index in [2.05, 4.69) is 0 Å². The molecule has 8 heteroatoms. The minimum atomic E-state index is -1.72. The first-order valence-corrected chi connectivity index (χ1v) is 12.4. The van der Waals surface area contributed by atoms with E-state index in [-0.39, 0.29) is 17.9 Å². The van der Waals surface area contributed by atoms with E-state index in [1.807, 2.05) is 45.0 Å². The summed E-state index contributed by atoms with van der Waals surface area (Å²) in [5.74, 6) is -1.79. The Morgan fingerprint density at radius 1 is 0.972 bits per heavy atom. The molecule has 0 radical (unpaired) electrons. The first-order valence-electron chi connectivity index (χ1n) is 12.4. The molecule has 2 aromatic rings. The molecule has 2 aliphatic rings. The van der Waals surface area contributed by atoms with Crippen LogP contribution in [0.4, 0.5) is 5.69 Å². The van der Waals surface area contributed by atoms with Gasteiger partial charge in [0.25, 0.3) is 17.6 Å². The maximum absolute atomic E-state index is 14.2. The molecule has 0 aliphatic carbocycles. The number of Topliss-reactive ketones (excluding diaryl/α,β-unsaturated/α-hetero) is 1. The topological polar surface area (TPSA) is 90.4 Å². The molecule has 1 N–H and O–H groups in total. The molecular formula is C28H33N3O5. The SMILES string of the molecule is CCCOc1ccc(C(O)=C2C(=O)C(=O)N(CCN(C)C)C23C(=O)N(CCC)c2ccccc23)cc1. The summed E-state index contributed by atoms with van der Waals surface area (Å²) in [4.78, 5) is 46.1. The molecule has 2 heterocycles. The average Bonchev–Trinajstić information content (AvgIpc) is 3.25. The number of benzene rings is 2.